The van der Waals surface area contributed by atoms with Gasteiger partial charge in [-0.25, -0.2) is 0 Å². The van der Waals surface area contributed by atoms with Crippen LogP contribution in [0.2, 0.25) is 0 Å². The summed E-state index contributed by atoms with van der Waals surface area (Å²) in [4.78, 5) is 16.6. The Bertz CT molecular complexity index is 863. The van der Waals surface area contributed by atoms with E-state index in [1.54, 1.807) is 18.3 Å². The third-order valence-electron chi connectivity index (χ3n) is 3.73. The summed E-state index contributed by atoms with van der Waals surface area (Å²) in [5.74, 6) is -0.140. The van der Waals surface area contributed by atoms with Gasteiger partial charge in [-0.2, -0.15) is 0 Å². The summed E-state index contributed by atoms with van der Waals surface area (Å²) in [5, 5.41) is 4.00. The number of aryl methyl sites for hydroxylation is 1. The first-order valence-electron chi connectivity index (χ1n) is 7.68. The van der Waals surface area contributed by atoms with E-state index in [-0.39, 0.29) is 5.91 Å². The number of anilines is 1. The van der Waals surface area contributed by atoms with Crippen molar-refractivity contribution in [3.8, 4) is 0 Å². The normalized spacial score (nSPS) is 11.0. The van der Waals surface area contributed by atoms with Crippen LogP contribution in [0.4, 0.5) is 5.69 Å². The lowest BCUT2D eigenvalue weighted by Gasteiger charge is -2.07. The molecule has 23 heavy (non-hydrogen) atoms. The van der Waals surface area contributed by atoms with Crippen LogP contribution in [0.5, 0.6) is 0 Å². The molecule has 0 saturated carbocycles. The Labute approximate surface area is 135 Å². The summed E-state index contributed by atoms with van der Waals surface area (Å²) >= 11 is 0. The molecule has 0 saturated heterocycles. The molecule has 0 unspecified atom stereocenters. The number of aromatic nitrogens is 1. The van der Waals surface area contributed by atoms with E-state index in [0.717, 1.165) is 34.1 Å². The molecule has 0 fully saturated rings. The van der Waals surface area contributed by atoms with E-state index < -0.39 is 0 Å². The van der Waals surface area contributed by atoms with Crippen LogP contribution in [0.1, 0.15) is 18.1 Å². The Kier molecular flexibility index (Phi) is 4.48. The molecule has 2 aromatic carbocycles. The molecule has 114 valence electrons. The van der Waals surface area contributed by atoms with Crippen molar-refractivity contribution < 1.29 is 4.79 Å². The van der Waals surface area contributed by atoms with Gasteiger partial charge in [0.25, 0.3) is 0 Å². The van der Waals surface area contributed by atoms with Crippen molar-refractivity contribution in [3.63, 3.8) is 0 Å². The highest BCUT2D eigenvalue weighted by molar-refractivity contribution is 6.03. The maximum Gasteiger partial charge on any atom is 0.248 e. The van der Waals surface area contributed by atoms with Crippen molar-refractivity contribution in [1.29, 1.82) is 0 Å². The van der Waals surface area contributed by atoms with Gasteiger partial charge in [0, 0.05) is 28.9 Å². The number of hydrogen-bond acceptors (Lipinski definition) is 2. The number of fused-ring (bicyclic) bond motifs is 1. The molecular weight excluding hydrogens is 284 g/mol. The van der Waals surface area contributed by atoms with Gasteiger partial charge in [0.1, 0.15) is 0 Å². The third kappa shape index (κ3) is 3.46. The van der Waals surface area contributed by atoms with E-state index in [0.29, 0.717) is 0 Å². The fourth-order valence-corrected chi connectivity index (χ4v) is 2.55. The minimum absolute atomic E-state index is 0.140. The molecule has 0 atom stereocenters. The van der Waals surface area contributed by atoms with Crippen molar-refractivity contribution in [3.05, 3.63) is 78.0 Å². The standard InChI is InChI=1S/C20H18N2O/c1-2-15-7-3-4-11-18(15)22-19(23)13-12-17-9-5-8-16-10-6-14-21-20(16)17/h3-14H,2H2,1H3,(H,22,23)/b13-12+. The lowest BCUT2D eigenvalue weighted by molar-refractivity contribution is -0.111. The first-order chi connectivity index (χ1) is 11.3. The first-order valence-corrected chi connectivity index (χ1v) is 7.68. The third-order valence-corrected chi connectivity index (χ3v) is 3.73. The molecule has 3 heteroatoms. The van der Waals surface area contributed by atoms with Crippen LogP contribution in [0.3, 0.4) is 0 Å². The number of rotatable bonds is 4. The van der Waals surface area contributed by atoms with Crippen molar-refractivity contribution >= 4 is 28.6 Å². The van der Waals surface area contributed by atoms with E-state index in [1.807, 2.05) is 54.6 Å². The van der Waals surface area contributed by atoms with Gasteiger partial charge in [0.15, 0.2) is 0 Å². The highest BCUT2D eigenvalue weighted by atomic mass is 16.1. The van der Waals surface area contributed by atoms with Crippen LogP contribution in [0.25, 0.3) is 17.0 Å². The number of nitrogens with one attached hydrogen (secondary N) is 1. The van der Waals surface area contributed by atoms with Crippen molar-refractivity contribution in [1.82, 2.24) is 4.98 Å². The SMILES string of the molecule is CCc1ccccc1NC(=O)/C=C/c1cccc2cccnc12. The predicted molar refractivity (Wildman–Crippen MR) is 95.2 cm³/mol. The van der Waals surface area contributed by atoms with Gasteiger partial charge in [0.05, 0.1) is 5.52 Å². The fraction of sp³-hybridized carbons (Fsp3) is 0.100. The molecule has 3 rings (SSSR count). The zero-order valence-corrected chi connectivity index (χ0v) is 13.0. The Balaban J connectivity index is 1.80. The fourth-order valence-electron chi connectivity index (χ4n) is 2.55. The summed E-state index contributed by atoms with van der Waals surface area (Å²) in [7, 11) is 0. The van der Waals surface area contributed by atoms with Gasteiger partial charge in [0.2, 0.25) is 5.91 Å². The zero-order chi connectivity index (χ0) is 16.1. The maximum absolute atomic E-state index is 12.2. The zero-order valence-electron chi connectivity index (χ0n) is 13.0. The molecule has 1 heterocycles. The molecule has 3 aromatic rings. The van der Waals surface area contributed by atoms with Crippen molar-refractivity contribution in [2.45, 2.75) is 13.3 Å². The molecule has 3 nitrogen and oxygen atoms in total. The number of nitrogens with zero attached hydrogens (tertiary/aromatic N) is 1. The second-order valence-electron chi connectivity index (χ2n) is 5.26. The van der Waals surface area contributed by atoms with Crippen LogP contribution >= 0.6 is 0 Å². The first kappa shape index (κ1) is 15.0. The number of hydrogen-bond donors (Lipinski definition) is 1. The van der Waals surface area contributed by atoms with E-state index in [1.165, 1.54) is 0 Å². The largest absolute Gasteiger partial charge is 0.322 e. The van der Waals surface area contributed by atoms with E-state index in [2.05, 4.69) is 17.2 Å². The monoisotopic (exact) mass is 302 g/mol. The summed E-state index contributed by atoms with van der Waals surface area (Å²) < 4.78 is 0. The number of benzene rings is 2. The van der Waals surface area contributed by atoms with E-state index in [4.69, 9.17) is 0 Å². The summed E-state index contributed by atoms with van der Waals surface area (Å²) in [5.41, 5.74) is 3.82. The Hall–Kier alpha value is -2.94. The molecule has 0 aliphatic carbocycles. The van der Waals surface area contributed by atoms with Gasteiger partial charge in [-0.15, -0.1) is 0 Å². The lowest BCUT2D eigenvalue weighted by Crippen LogP contribution is -2.09. The lowest BCUT2D eigenvalue weighted by atomic mass is 10.1. The van der Waals surface area contributed by atoms with Gasteiger partial charge in [-0.1, -0.05) is 49.4 Å². The van der Waals surface area contributed by atoms with Gasteiger partial charge in [-0.3, -0.25) is 9.78 Å². The molecule has 1 aromatic heterocycles. The van der Waals surface area contributed by atoms with Crippen LogP contribution in [0, 0.1) is 0 Å². The minimum atomic E-state index is -0.140. The highest BCUT2D eigenvalue weighted by Gasteiger charge is 2.03. The highest BCUT2D eigenvalue weighted by Crippen LogP contribution is 2.18. The number of amides is 1. The van der Waals surface area contributed by atoms with Crippen LogP contribution in [-0.2, 0) is 11.2 Å². The van der Waals surface area contributed by atoms with Crippen molar-refractivity contribution in [2.75, 3.05) is 5.32 Å². The average molecular weight is 302 g/mol. The van der Waals surface area contributed by atoms with E-state index >= 15 is 0 Å². The molecular formula is C20H18N2O. The van der Waals surface area contributed by atoms with Gasteiger partial charge in [-0.05, 0) is 30.2 Å². The Morgan fingerprint density at radius 3 is 2.78 bits per heavy atom. The quantitative estimate of drug-likeness (QED) is 0.723. The maximum atomic E-state index is 12.2. The number of pyridine rings is 1. The molecule has 1 amide bonds. The van der Waals surface area contributed by atoms with Gasteiger partial charge >= 0.3 is 0 Å². The second kappa shape index (κ2) is 6.88. The summed E-state index contributed by atoms with van der Waals surface area (Å²) in [6.45, 7) is 2.07. The van der Waals surface area contributed by atoms with Gasteiger partial charge < -0.3 is 5.32 Å². The number of carbonyl (C=O) groups is 1. The van der Waals surface area contributed by atoms with Crippen molar-refractivity contribution in [2.24, 2.45) is 0 Å². The van der Waals surface area contributed by atoms with Crippen LogP contribution in [-0.4, -0.2) is 10.9 Å². The smallest absolute Gasteiger partial charge is 0.248 e. The number of para-hydroxylation sites is 2. The second-order valence-corrected chi connectivity index (χ2v) is 5.26. The molecule has 0 bridgehead atoms. The molecule has 0 radical (unpaired) electrons. The average Bonchev–Trinajstić information content (AvgIpc) is 2.60. The minimum Gasteiger partial charge on any atom is -0.322 e. The molecule has 0 aliphatic rings. The predicted octanol–water partition coefficient (Wildman–Crippen LogP) is 4.45. The topological polar surface area (TPSA) is 42.0 Å². The Morgan fingerprint density at radius 1 is 1.09 bits per heavy atom. The molecule has 0 aliphatic heterocycles. The number of carbonyl (C=O) groups excluding carboxylic acids is 1. The van der Waals surface area contributed by atoms with Crippen LogP contribution < -0.4 is 5.32 Å². The molecule has 0 spiro atoms. The Morgan fingerprint density at radius 2 is 1.91 bits per heavy atom. The van der Waals surface area contributed by atoms with Crippen LogP contribution in [0.15, 0.2) is 66.9 Å². The summed E-state index contributed by atoms with van der Waals surface area (Å²) in [6, 6.07) is 17.7. The molecule has 1 N–H and O–H groups in total. The summed E-state index contributed by atoms with van der Waals surface area (Å²) in [6.07, 6.45) is 6.00. The van der Waals surface area contributed by atoms with E-state index in [9.17, 15) is 4.79 Å².